The van der Waals surface area contributed by atoms with Crippen LogP contribution in [-0.4, -0.2) is 18.6 Å². The lowest BCUT2D eigenvalue weighted by molar-refractivity contribution is -0.126. The van der Waals surface area contributed by atoms with Gasteiger partial charge < -0.3 is 10.1 Å². The molecule has 1 aromatic rings. The van der Waals surface area contributed by atoms with E-state index in [2.05, 4.69) is 5.32 Å². The highest BCUT2D eigenvalue weighted by atomic mass is 16.5. The molecular weight excluding hydrogens is 190 g/mol. The van der Waals surface area contributed by atoms with Gasteiger partial charge in [0, 0.05) is 12.3 Å². The van der Waals surface area contributed by atoms with Crippen molar-refractivity contribution in [2.75, 3.05) is 11.9 Å². The Morgan fingerprint density at radius 1 is 1.40 bits per heavy atom. The van der Waals surface area contributed by atoms with Crippen LogP contribution in [0.2, 0.25) is 0 Å². The Hall–Kier alpha value is -1.35. The van der Waals surface area contributed by atoms with Gasteiger partial charge in [-0.15, -0.1) is 0 Å². The number of amides is 1. The summed E-state index contributed by atoms with van der Waals surface area (Å²) in [5, 5.41) is 2.85. The molecular formula is C12H15NO2. The van der Waals surface area contributed by atoms with Crippen LogP contribution in [0.3, 0.4) is 0 Å². The molecule has 3 heteroatoms. The number of anilines is 1. The number of carbonyl (C=O) groups is 1. The largest absolute Gasteiger partial charge is 0.368 e. The van der Waals surface area contributed by atoms with Crippen LogP contribution < -0.4 is 5.32 Å². The number of hydrogen-bond donors (Lipinski definition) is 1. The molecule has 1 aromatic carbocycles. The Morgan fingerprint density at radius 3 is 2.73 bits per heavy atom. The quantitative estimate of drug-likeness (QED) is 0.802. The highest BCUT2D eigenvalue weighted by Gasteiger charge is 2.30. The molecule has 80 valence electrons. The summed E-state index contributed by atoms with van der Waals surface area (Å²) in [4.78, 5) is 11.8. The van der Waals surface area contributed by atoms with Crippen LogP contribution in [-0.2, 0) is 9.53 Å². The van der Waals surface area contributed by atoms with E-state index in [4.69, 9.17) is 4.74 Å². The Labute approximate surface area is 89.4 Å². The normalized spacial score (nSPS) is 25.1. The number of nitrogens with one attached hydrogen (secondary N) is 1. The van der Waals surface area contributed by atoms with Crippen molar-refractivity contribution in [3.05, 3.63) is 30.3 Å². The molecule has 0 saturated carbocycles. The maximum Gasteiger partial charge on any atom is 0.253 e. The maximum atomic E-state index is 11.8. The van der Waals surface area contributed by atoms with Crippen molar-refractivity contribution in [3.63, 3.8) is 0 Å². The molecule has 1 fully saturated rings. The third-order valence-corrected chi connectivity index (χ3v) is 2.69. The molecule has 1 amide bonds. The molecule has 2 atom stereocenters. The van der Waals surface area contributed by atoms with E-state index in [-0.39, 0.29) is 12.0 Å². The van der Waals surface area contributed by atoms with Gasteiger partial charge in [-0.1, -0.05) is 25.1 Å². The molecule has 0 aromatic heterocycles. The van der Waals surface area contributed by atoms with Gasteiger partial charge in [0.15, 0.2) is 0 Å². The van der Waals surface area contributed by atoms with E-state index in [9.17, 15) is 4.79 Å². The molecule has 1 N–H and O–H groups in total. The van der Waals surface area contributed by atoms with Crippen molar-refractivity contribution in [2.24, 2.45) is 5.92 Å². The minimum atomic E-state index is -0.287. The van der Waals surface area contributed by atoms with Crippen molar-refractivity contribution >= 4 is 11.6 Å². The van der Waals surface area contributed by atoms with Gasteiger partial charge in [-0.2, -0.15) is 0 Å². The molecule has 0 radical (unpaired) electrons. The second-order valence-corrected chi connectivity index (χ2v) is 3.91. The smallest absolute Gasteiger partial charge is 0.253 e. The number of benzene rings is 1. The first-order valence-electron chi connectivity index (χ1n) is 5.25. The number of rotatable bonds is 2. The van der Waals surface area contributed by atoms with Crippen molar-refractivity contribution in [1.82, 2.24) is 0 Å². The molecule has 0 spiro atoms. The number of carbonyl (C=O) groups excluding carboxylic acids is 1. The van der Waals surface area contributed by atoms with Crippen molar-refractivity contribution in [1.29, 1.82) is 0 Å². The fourth-order valence-corrected chi connectivity index (χ4v) is 1.77. The van der Waals surface area contributed by atoms with Crippen molar-refractivity contribution in [2.45, 2.75) is 19.4 Å². The van der Waals surface area contributed by atoms with E-state index in [0.29, 0.717) is 12.5 Å². The Bertz CT molecular complexity index is 337. The SMILES string of the molecule is CC1CCOC1C(=O)Nc1ccccc1. The van der Waals surface area contributed by atoms with Gasteiger partial charge in [0.2, 0.25) is 0 Å². The van der Waals surface area contributed by atoms with Gasteiger partial charge in [0.05, 0.1) is 0 Å². The second kappa shape index (κ2) is 4.45. The van der Waals surface area contributed by atoms with Gasteiger partial charge in [-0.25, -0.2) is 0 Å². The van der Waals surface area contributed by atoms with E-state index in [0.717, 1.165) is 12.1 Å². The first-order chi connectivity index (χ1) is 7.27. The summed E-state index contributed by atoms with van der Waals surface area (Å²) in [6.45, 7) is 2.73. The number of para-hydroxylation sites is 1. The van der Waals surface area contributed by atoms with E-state index >= 15 is 0 Å². The van der Waals surface area contributed by atoms with Crippen LogP contribution >= 0.6 is 0 Å². The van der Waals surface area contributed by atoms with Crippen LogP contribution in [0.5, 0.6) is 0 Å². The molecule has 15 heavy (non-hydrogen) atoms. The monoisotopic (exact) mass is 205 g/mol. The molecule has 2 rings (SSSR count). The predicted octanol–water partition coefficient (Wildman–Crippen LogP) is 2.05. The second-order valence-electron chi connectivity index (χ2n) is 3.91. The Morgan fingerprint density at radius 2 is 2.13 bits per heavy atom. The maximum absolute atomic E-state index is 11.8. The highest BCUT2D eigenvalue weighted by molar-refractivity contribution is 5.94. The summed E-state index contributed by atoms with van der Waals surface area (Å²) < 4.78 is 5.39. The molecule has 0 aliphatic carbocycles. The van der Waals surface area contributed by atoms with Gasteiger partial charge >= 0.3 is 0 Å². The zero-order valence-corrected chi connectivity index (χ0v) is 8.77. The molecule has 1 saturated heterocycles. The van der Waals surface area contributed by atoms with E-state index in [1.54, 1.807) is 0 Å². The van der Waals surface area contributed by atoms with Crippen molar-refractivity contribution in [3.8, 4) is 0 Å². The molecule has 1 aliphatic heterocycles. The van der Waals surface area contributed by atoms with Gasteiger partial charge in [0.25, 0.3) is 5.91 Å². The minimum absolute atomic E-state index is 0.0359. The topological polar surface area (TPSA) is 38.3 Å². The fourth-order valence-electron chi connectivity index (χ4n) is 1.77. The summed E-state index contributed by atoms with van der Waals surface area (Å²) in [5.41, 5.74) is 0.824. The summed E-state index contributed by atoms with van der Waals surface area (Å²) in [6.07, 6.45) is 0.678. The third-order valence-electron chi connectivity index (χ3n) is 2.69. The van der Waals surface area contributed by atoms with Crippen LogP contribution in [0.15, 0.2) is 30.3 Å². The lowest BCUT2D eigenvalue weighted by Crippen LogP contribution is -2.31. The average molecular weight is 205 g/mol. The molecule has 2 unspecified atom stereocenters. The van der Waals surface area contributed by atoms with Crippen LogP contribution in [0.1, 0.15) is 13.3 Å². The highest BCUT2D eigenvalue weighted by Crippen LogP contribution is 2.21. The first kappa shape index (κ1) is 10.2. The standard InChI is InChI=1S/C12H15NO2/c1-9-7-8-15-11(9)12(14)13-10-5-3-2-4-6-10/h2-6,9,11H,7-8H2,1H3,(H,13,14). The molecule has 1 heterocycles. The Balaban J connectivity index is 1.98. The van der Waals surface area contributed by atoms with E-state index in [1.807, 2.05) is 37.3 Å². The summed E-state index contributed by atoms with van der Waals surface area (Å²) >= 11 is 0. The van der Waals surface area contributed by atoms with Crippen LogP contribution in [0.25, 0.3) is 0 Å². The number of ether oxygens (including phenoxy) is 1. The summed E-state index contributed by atoms with van der Waals surface area (Å²) in [6, 6.07) is 9.46. The summed E-state index contributed by atoms with van der Waals surface area (Å²) in [5.74, 6) is 0.278. The molecule has 0 bridgehead atoms. The third kappa shape index (κ3) is 2.36. The lowest BCUT2D eigenvalue weighted by Gasteiger charge is -2.14. The number of hydrogen-bond acceptors (Lipinski definition) is 2. The van der Waals surface area contributed by atoms with Crippen LogP contribution in [0.4, 0.5) is 5.69 Å². The zero-order valence-electron chi connectivity index (χ0n) is 8.77. The fraction of sp³-hybridized carbons (Fsp3) is 0.417. The predicted molar refractivity (Wildman–Crippen MR) is 58.6 cm³/mol. The van der Waals surface area contributed by atoms with E-state index < -0.39 is 0 Å². The average Bonchev–Trinajstić information content (AvgIpc) is 2.66. The minimum Gasteiger partial charge on any atom is -0.368 e. The Kier molecular flexibility index (Phi) is 3.02. The van der Waals surface area contributed by atoms with Gasteiger partial charge in [-0.05, 0) is 24.5 Å². The zero-order chi connectivity index (χ0) is 10.7. The lowest BCUT2D eigenvalue weighted by atomic mass is 10.0. The van der Waals surface area contributed by atoms with Gasteiger partial charge in [-0.3, -0.25) is 4.79 Å². The molecule has 1 aliphatic rings. The van der Waals surface area contributed by atoms with E-state index in [1.165, 1.54) is 0 Å². The summed E-state index contributed by atoms with van der Waals surface area (Å²) in [7, 11) is 0. The first-order valence-corrected chi connectivity index (χ1v) is 5.25. The van der Waals surface area contributed by atoms with Gasteiger partial charge in [0.1, 0.15) is 6.10 Å². The van der Waals surface area contributed by atoms with Crippen LogP contribution in [0, 0.1) is 5.92 Å². The van der Waals surface area contributed by atoms with Crippen molar-refractivity contribution < 1.29 is 9.53 Å². The molecule has 3 nitrogen and oxygen atoms in total.